The molecule has 0 saturated carbocycles. The van der Waals surface area contributed by atoms with Gasteiger partial charge in [0.25, 0.3) is 11.5 Å². The van der Waals surface area contributed by atoms with Crippen LogP contribution in [0.1, 0.15) is 61.6 Å². The minimum absolute atomic E-state index is 0.132. The molecule has 2 rings (SSSR count). The number of anilines is 1. The number of benzene rings is 1. The Labute approximate surface area is 165 Å². The Morgan fingerprint density at radius 2 is 1.79 bits per heavy atom. The van der Waals surface area contributed by atoms with E-state index in [-0.39, 0.29) is 23.5 Å². The highest BCUT2D eigenvalue weighted by Gasteiger charge is 2.17. The van der Waals surface area contributed by atoms with E-state index in [2.05, 4.69) is 12.2 Å². The van der Waals surface area contributed by atoms with Gasteiger partial charge in [0.05, 0.1) is 0 Å². The number of aromatic nitrogens is 1. The maximum Gasteiger partial charge on any atom is 0.310 e. The molecule has 0 aliphatic heterocycles. The quantitative estimate of drug-likeness (QED) is 0.549. The summed E-state index contributed by atoms with van der Waals surface area (Å²) in [6.45, 7) is 8.33. The van der Waals surface area contributed by atoms with Gasteiger partial charge in [-0.25, -0.2) is 0 Å². The Hall–Kier alpha value is -2.89. The number of esters is 1. The number of rotatable bonds is 8. The molecule has 0 fully saturated rings. The fourth-order valence-corrected chi connectivity index (χ4v) is 3.04. The van der Waals surface area contributed by atoms with E-state index in [1.165, 1.54) is 0 Å². The van der Waals surface area contributed by atoms with Crippen molar-refractivity contribution in [1.29, 1.82) is 0 Å². The van der Waals surface area contributed by atoms with Crippen LogP contribution in [-0.2, 0) is 17.8 Å². The summed E-state index contributed by atoms with van der Waals surface area (Å²) in [5, 5.41) is 2.75. The Morgan fingerprint density at radius 1 is 1.11 bits per heavy atom. The normalized spacial score (nSPS) is 10.6. The minimum atomic E-state index is -0.445. The summed E-state index contributed by atoms with van der Waals surface area (Å²) in [5.41, 5.74) is 2.30. The maximum absolute atomic E-state index is 12.9. The maximum atomic E-state index is 12.9. The molecule has 0 aliphatic rings. The first-order valence-electron chi connectivity index (χ1n) is 9.76. The second kappa shape index (κ2) is 9.88. The van der Waals surface area contributed by atoms with Gasteiger partial charge >= 0.3 is 5.97 Å². The van der Waals surface area contributed by atoms with Crippen molar-refractivity contribution in [2.24, 2.45) is 0 Å². The summed E-state index contributed by atoms with van der Waals surface area (Å²) in [5.74, 6) is -0.356. The molecule has 0 unspecified atom stereocenters. The number of ether oxygens (including phenoxy) is 1. The number of carbonyl (C=O) groups excluding carboxylic acids is 2. The van der Waals surface area contributed by atoms with E-state index in [9.17, 15) is 14.4 Å². The number of pyridine rings is 1. The van der Waals surface area contributed by atoms with Crippen molar-refractivity contribution in [1.82, 2.24) is 4.57 Å². The number of unbranched alkanes of at least 4 members (excludes halogenated alkanes) is 1. The third-order valence-corrected chi connectivity index (χ3v) is 4.56. The first kappa shape index (κ1) is 21.4. The molecule has 1 aromatic carbocycles. The van der Waals surface area contributed by atoms with E-state index in [0.717, 1.165) is 30.5 Å². The molecule has 0 radical (unpaired) electrons. The van der Waals surface area contributed by atoms with Crippen LogP contribution in [0.15, 0.2) is 35.1 Å². The van der Waals surface area contributed by atoms with Crippen LogP contribution in [0, 0.1) is 6.92 Å². The highest BCUT2D eigenvalue weighted by molar-refractivity contribution is 6.04. The topological polar surface area (TPSA) is 77.4 Å². The van der Waals surface area contributed by atoms with E-state index >= 15 is 0 Å². The van der Waals surface area contributed by atoms with Gasteiger partial charge in [-0.1, -0.05) is 27.2 Å². The lowest BCUT2D eigenvalue weighted by atomic mass is 10.1. The number of amides is 1. The Kier molecular flexibility index (Phi) is 7.55. The molecule has 6 heteroatoms. The van der Waals surface area contributed by atoms with Crippen molar-refractivity contribution in [2.75, 3.05) is 5.32 Å². The van der Waals surface area contributed by atoms with E-state index < -0.39 is 5.91 Å². The molecular formula is C22H28N2O4. The third-order valence-electron chi connectivity index (χ3n) is 4.56. The standard InChI is InChI=1S/C22H28N2O4/c1-5-8-13-24-19(6-2)15(4)14-18(22(24)27)21(26)23-16-9-11-17(12-10-16)28-20(25)7-3/h9-12,14H,5-8,13H2,1-4H3,(H,23,26). The minimum Gasteiger partial charge on any atom is -0.427 e. The van der Waals surface area contributed by atoms with Crippen molar-refractivity contribution >= 4 is 17.6 Å². The number of aryl methyl sites for hydroxylation is 1. The summed E-state index contributed by atoms with van der Waals surface area (Å²) in [6, 6.07) is 8.15. The Morgan fingerprint density at radius 3 is 2.36 bits per heavy atom. The largest absolute Gasteiger partial charge is 0.427 e. The fraction of sp³-hybridized carbons (Fsp3) is 0.409. The number of hydrogen-bond acceptors (Lipinski definition) is 4. The van der Waals surface area contributed by atoms with Gasteiger partial charge in [0.15, 0.2) is 0 Å². The molecule has 0 atom stereocenters. The average molecular weight is 384 g/mol. The SMILES string of the molecule is CCCCn1c(CC)c(C)cc(C(=O)Nc2ccc(OC(=O)CC)cc2)c1=O. The Balaban J connectivity index is 2.25. The average Bonchev–Trinajstić information content (AvgIpc) is 2.69. The smallest absolute Gasteiger partial charge is 0.310 e. The van der Waals surface area contributed by atoms with E-state index in [4.69, 9.17) is 4.74 Å². The van der Waals surface area contributed by atoms with Crippen LogP contribution >= 0.6 is 0 Å². The number of hydrogen-bond donors (Lipinski definition) is 1. The Bertz CT molecular complexity index is 898. The summed E-state index contributed by atoms with van der Waals surface area (Å²) in [6.07, 6.45) is 2.88. The molecule has 0 aliphatic carbocycles. The first-order valence-corrected chi connectivity index (χ1v) is 9.76. The fourth-order valence-electron chi connectivity index (χ4n) is 3.04. The van der Waals surface area contributed by atoms with Crippen LogP contribution in [0.4, 0.5) is 5.69 Å². The zero-order valence-corrected chi connectivity index (χ0v) is 17.0. The molecule has 28 heavy (non-hydrogen) atoms. The lowest BCUT2D eigenvalue weighted by molar-refractivity contribution is -0.134. The van der Waals surface area contributed by atoms with Gasteiger partial charge in [-0.3, -0.25) is 14.4 Å². The molecule has 1 heterocycles. The molecular weight excluding hydrogens is 356 g/mol. The molecule has 0 spiro atoms. The zero-order valence-electron chi connectivity index (χ0n) is 17.0. The van der Waals surface area contributed by atoms with Gasteiger partial charge < -0.3 is 14.6 Å². The van der Waals surface area contributed by atoms with Crippen LogP contribution in [0.3, 0.4) is 0 Å². The van der Waals surface area contributed by atoms with Gasteiger partial charge in [0, 0.05) is 24.3 Å². The summed E-state index contributed by atoms with van der Waals surface area (Å²) in [4.78, 5) is 36.9. The molecule has 0 saturated heterocycles. The highest BCUT2D eigenvalue weighted by Crippen LogP contribution is 2.17. The first-order chi connectivity index (χ1) is 13.4. The lowest BCUT2D eigenvalue weighted by Gasteiger charge is -2.16. The molecule has 150 valence electrons. The number of nitrogens with one attached hydrogen (secondary N) is 1. The summed E-state index contributed by atoms with van der Waals surface area (Å²) in [7, 11) is 0. The van der Waals surface area contributed by atoms with Crippen molar-refractivity contribution < 1.29 is 14.3 Å². The van der Waals surface area contributed by atoms with Crippen molar-refractivity contribution in [3.63, 3.8) is 0 Å². The second-order valence-electron chi connectivity index (χ2n) is 6.66. The van der Waals surface area contributed by atoms with Crippen LogP contribution in [0.5, 0.6) is 5.75 Å². The summed E-state index contributed by atoms with van der Waals surface area (Å²) < 4.78 is 6.84. The molecule has 1 aromatic heterocycles. The summed E-state index contributed by atoms with van der Waals surface area (Å²) >= 11 is 0. The van der Waals surface area contributed by atoms with Crippen molar-refractivity contribution in [2.45, 2.75) is 59.9 Å². The number of nitrogens with zero attached hydrogens (tertiary/aromatic N) is 1. The van der Waals surface area contributed by atoms with Crippen LogP contribution in [-0.4, -0.2) is 16.4 Å². The zero-order chi connectivity index (χ0) is 20.7. The van der Waals surface area contributed by atoms with E-state index in [0.29, 0.717) is 18.0 Å². The number of carbonyl (C=O) groups is 2. The van der Waals surface area contributed by atoms with Gasteiger partial charge in [-0.05, 0) is 55.7 Å². The van der Waals surface area contributed by atoms with Gasteiger partial charge in [-0.2, -0.15) is 0 Å². The third kappa shape index (κ3) is 5.09. The van der Waals surface area contributed by atoms with Gasteiger partial charge in [0.2, 0.25) is 0 Å². The van der Waals surface area contributed by atoms with Gasteiger partial charge in [-0.15, -0.1) is 0 Å². The van der Waals surface area contributed by atoms with Crippen LogP contribution in [0.25, 0.3) is 0 Å². The molecule has 1 N–H and O–H groups in total. The second-order valence-corrected chi connectivity index (χ2v) is 6.66. The predicted octanol–water partition coefficient (Wildman–Crippen LogP) is 4.09. The molecule has 6 nitrogen and oxygen atoms in total. The molecule has 0 bridgehead atoms. The van der Waals surface area contributed by atoms with E-state index in [1.54, 1.807) is 41.8 Å². The molecule has 2 aromatic rings. The highest BCUT2D eigenvalue weighted by atomic mass is 16.5. The van der Waals surface area contributed by atoms with Gasteiger partial charge in [0.1, 0.15) is 11.3 Å². The monoisotopic (exact) mass is 384 g/mol. The predicted molar refractivity (Wildman–Crippen MR) is 110 cm³/mol. The van der Waals surface area contributed by atoms with Crippen molar-refractivity contribution in [3.8, 4) is 5.75 Å². The molecule has 1 amide bonds. The van der Waals surface area contributed by atoms with Crippen LogP contribution in [0.2, 0.25) is 0 Å². The lowest BCUT2D eigenvalue weighted by Crippen LogP contribution is -2.32. The van der Waals surface area contributed by atoms with Crippen LogP contribution < -0.4 is 15.6 Å². The van der Waals surface area contributed by atoms with E-state index in [1.807, 2.05) is 13.8 Å². The van der Waals surface area contributed by atoms with Crippen molar-refractivity contribution in [3.05, 3.63) is 57.5 Å².